The molecular formula is C19H19N5O2. The van der Waals surface area contributed by atoms with Crippen LogP contribution in [0.5, 0.6) is 6.01 Å². The van der Waals surface area contributed by atoms with E-state index in [4.69, 9.17) is 4.74 Å². The molecule has 0 spiro atoms. The van der Waals surface area contributed by atoms with Gasteiger partial charge in [-0.15, -0.1) is 0 Å². The Bertz CT molecular complexity index is 882. The zero-order chi connectivity index (χ0) is 18.4. The van der Waals surface area contributed by atoms with Gasteiger partial charge in [-0.1, -0.05) is 30.3 Å². The van der Waals surface area contributed by atoms with Crippen LogP contribution in [-0.2, 0) is 6.54 Å². The number of nitrogens with zero attached hydrogens (tertiary/aromatic N) is 3. The van der Waals surface area contributed by atoms with E-state index in [2.05, 4.69) is 25.6 Å². The molecule has 2 aromatic heterocycles. The minimum Gasteiger partial charge on any atom is -0.467 e. The van der Waals surface area contributed by atoms with Gasteiger partial charge in [-0.3, -0.25) is 5.32 Å². The van der Waals surface area contributed by atoms with Crippen molar-refractivity contribution in [2.24, 2.45) is 0 Å². The molecule has 3 aromatic rings. The number of aryl methyl sites for hydroxylation is 1. The Labute approximate surface area is 151 Å². The smallest absolute Gasteiger partial charge is 0.320 e. The van der Waals surface area contributed by atoms with Gasteiger partial charge in [-0.2, -0.15) is 0 Å². The number of carbonyl (C=O) groups is 1. The van der Waals surface area contributed by atoms with Crippen LogP contribution in [-0.4, -0.2) is 28.1 Å². The van der Waals surface area contributed by atoms with Gasteiger partial charge in [0.2, 0.25) is 0 Å². The van der Waals surface area contributed by atoms with E-state index in [0.717, 1.165) is 22.3 Å². The van der Waals surface area contributed by atoms with Crippen molar-refractivity contribution in [2.45, 2.75) is 13.5 Å². The third kappa shape index (κ3) is 4.32. The van der Waals surface area contributed by atoms with Crippen molar-refractivity contribution in [1.82, 2.24) is 20.3 Å². The molecule has 1 aromatic carbocycles. The molecule has 0 fully saturated rings. The van der Waals surface area contributed by atoms with Crippen molar-refractivity contribution in [3.8, 4) is 17.1 Å². The van der Waals surface area contributed by atoms with Gasteiger partial charge in [-0.05, 0) is 24.1 Å². The van der Waals surface area contributed by atoms with Crippen molar-refractivity contribution in [3.63, 3.8) is 0 Å². The summed E-state index contributed by atoms with van der Waals surface area (Å²) in [5.41, 5.74) is 3.70. The number of hydrogen-bond donors (Lipinski definition) is 2. The number of benzene rings is 1. The number of aromatic nitrogens is 3. The quantitative estimate of drug-likeness (QED) is 0.738. The molecule has 2 N–H and O–H groups in total. The third-order valence-corrected chi connectivity index (χ3v) is 3.77. The lowest BCUT2D eigenvalue weighted by Crippen LogP contribution is -2.28. The average molecular weight is 349 g/mol. The predicted octanol–water partition coefficient (Wildman–Crippen LogP) is 3.18. The molecule has 0 aliphatic carbocycles. The molecule has 0 atom stereocenters. The molecule has 0 saturated carbocycles. The lowest BCUT2D eigenvalue weighted by Gasteiger charge is -2.10. The Balaban J connectivity index is 1.64. The molecule has 0 aliphatic rings. The molecule has 132 valence electrons. The Morgan fingerprint density at radius 2 is 1.81 bits per heavy atom. The minimum absolute atomic E-state index is 0.304. The minimum atomic E-state index is -0.304. The summed E-state index contributed by atoms with van der Waals surface area (Å²) in [5.74, 6) is 0.478. The van der Waals surface area contributed by atoms with Gasteiger partial charge >= 0.3 is 12.0 Å². The molecule has 0 radical (unpaired) electrons. The number of urea groups is 1. The number of carbonyl (C=O) groups excluding carboxylic acids is 1. The second-order valence-electron chi connectivity index (χ2n) is 5.64. The van der Waals surface area contributed by atoms with Crippen molar-refractivity contribution in [1.29, 1.82) is 0 Å². The fourth-order valence-corrected chi connectivity index (χ4v) is 2.43. The van der Waals surface area contributed by atoms with Gasteiger partial charge in [0.15, 0.2) is 0 Å². The maximum absolute atomic E-state index is 12.0. The lowest BCUT2D eigenvalue weighted by atomic mass is 10.1. The van der Waals surface area contributed by atoms with E-state index in [9.17, 15) is 4.79 Å². The largest absolute Gasteiger partial charge is 0.467 e. The van der Waals surface area contributed by atoms with Gasteiger partial charge in [0.25, 0.3) is 0 Å². The predicted molar refractivity (Wildman–Crippen MR) is 98.9 cm³/mol. The van der Waals surface area contributed by atoms with Crippen molar-refractivity contribution in [2.75, 3.05) is 12.4 Å². The summed E-state index contributed by atoms with van der Waals surface area (Å²) in [6.45, 7) is 2.39. The Morgan fingerprint density at radius 3 is 2.46 bits per heavy atom. The first-order chi connectivity index (χ1) is 12.7. The maximum Gasteiger partial charge on any atom is 0.320 e. The normalized spacial score (nSPS) is 10.2. The number of rotatable bonds is 5. The van der Waals surface area contributed by atoms with E-state index >= 15 is 0 Å². The van der Waals surface area contributed by atoms with Crippen molar-refractivity contribution in [3.05, 3.63) is 66.1 Å². The molecule has 2 heterocycles. The number of ether oxygens (including phenoxy) is 1. The van der Waals surface area contributed by atoms with Gasteiger partial charge in [0.05, 0.1) is 7.11 Å². The van der Waals surface area contributed by atoms with Crippen LogP contribution in [0.3, 0.4) is 0 Å². The van der Waals surface area contributed by atoms with E-state index in [1.54, 1.807) is 18.6 Å². The second kappa shape index (κ2) is 8.06. The van der Waals surface area contributed by atoms with E-state index in [1.807, 2.05) is 43.3 Å². The van der Waals surface area contributed by atoms with Crippen LogP contribution in [0.2, 0.25) is 0 Å². The first kappa shape index (κ1) is 17.3. The average Bonchev–Trinajstić information content (AvgIpc) is 2.67. The molecule has 26 heavy (non-hydrogen) atoms. The highest BCUT2D eigenvalue weighted by Gasteiger charge is 2.08. The highest BCUT2D eigenvalue weighted by molar-refractivity contribution is 5.88. The standard InChI is InChI=1S/C19H19N5O2/c1-13-8-17(24-18(25)21-9-14-6-4-3-5-7-14)20-12-16(13)15-10-22-19(26-2)23-11-15/h3-8,10-12H,9H2,1-2H3,(H2,20,21,24,25). The van der Waals surface area contributed by atoms with Crippen molar-refractivity contribution >= 4 is 11.8 Å². The topological polar surface area (TPSA) is 89.0 Å². The Morgan fingerprint density at radius 1 is 1.08 bits per heavy atom. The summed E-state index contributed by atoms with van der Waals surface area (Å²) in [5, 5.41) is 5.54. The Hall–Kier alpha value is -3.48. The van der Waals surface area contributed by atoms with Crippen LogP contribution < -0.4 is 15.4 Å². The zero-order valence-electron chi connectivity index (χ0n) is 14.6. The van der Waals surface area contributed by atoms with Gasteiger partial charge < -0.3 is 10.1 Å². The van der Waals surface area contributed by atoms with Crippen molar-refractivity contribution < 1.29 is 9.53 Å². The molecule has 0 unspecified atom stereocenters. The SMILES string of the molecule is COc1ncc(-c2cnc(NC(=O)NCc3ccccc3)cc2C)cn1. The molecule has 0 aliphatic heterocycles. The number of amides is 2. The summed E-state index contributed by atoms with van der Waals surface area (Å²) in [6.07, 6.45) is 5.04. The van der Waals surface area contributed by atoms with Crippen LogP contribution in [0, 0.1) is 6.92 Å². The molecule has 7 heteroatoms. The number of pyridine rings is 1. The summed E-state index contributed by atoms with van der Waals surface area (Å²) in [7, 11) is 1.52. The first-order valence-corrected chi connectivity index (χ1v) is 8.07. The van der Waals surface area contributed by atoms with Crippen LogP contribution in [0.25, 0.3) is 11.1 Å². The summed E-state index contributed by atoms with van der Waals surface area (Å²) >= 11 is 0. The summed E-state index contributed by atoms with van der Waals surface area (Å²) in [4.78, 5) is 24.5. The van der Waals surface area contributed by atoms with Gasteiger partial charge in [0, 0.05) is 36.3 Å². The van der Waals surface area contributed by atoms with E-state index in [1.165, 1.54) is 7.11 Å². The van der Waals surface area contributed by atoms with Crippen LogP contribution in [0.1, 0.15) is 11.1 Å². The number of anilines is 1. The highest BCUT2D eigenvalue weighted by atomic mass is 16.5. The van der Waals surface area contributed by atoms with Gasteiger partial charge in [-0.25, -0.2) is 19.7 Å². The maximum atomic E-state index is 12.0. The van der Waals surface area contributed by atoms with E-state index in [0.29, 0.717) is 18.4 Å². The highest BCUT2D eigenvalue weighted by Crippen LogP contribution is 2.23. The summed E-state index contributed by atoms with van der Waals surface area (Å²) in [6, 6.07) is 11.5. The molecule has 0 saturated heterocycles. The molecule has 3 rings (SSSR count). The monoisotopic (exact) mass is 349 g/mol. The number of nitrogens with one attached hydrogen (secondary N) is 2. The molecule has 2 amide bonds. The number of hydrogen-bond acceptors (Lipinski definition) is 5. The van der Waals surface area contributed by atoms with Crippen LogP contribution >= 0.6 is 0 Å². The van der Waals surface area contributed by atoms with Crippen LogP contribution in [0.4, 0.5) is 10.6 Å². The fraction of sp³-hybridized carbons (Fsp3) is 0.158. The molecule has 0 bridgehead atoms. The first-order valence-electron chi connectivity index (χ1n) is 8.07. The number of methoxy groups -OCH3 is 1. The Kier molecular flexibility index (Phi) is 5.38. The lowest BCUT2D eigenvalue weighted by molar-refractivity contribution is 0.251. The molecule has 7 nitrogen and oxygen atoms in total. The second-order valence-corrected chi connectivity index (χ2v) is 5.64. The van der Waals surface area contributed by atoms with E-state index in [-0.39, 0.29) is 6.03 Å². The van der Waals surface area contributed by atoms with Gasteiger partial charge in [0.1, 0.15) is 5.82 Å². The van der Waals surface area contributed by atoms with Crippen LogP contribution in [0.15, 0.2) is 55.0 Å². The summed E-state index contributed by atoms with van der Waals surface area (Å²) < 4.78 is 4.96. The molecular weight excluding hydrogens is 330 g/mol. The fourth-order valence-electron chi connectivity index (χ4n) is 2.43. The third-order valence-electron chi connectivity index (χ3n) is 3.77. The zero-order valence-corrected chi connectivity index (χ0v) is 14.6. The van der Waals surface area contributed by atoms with E-state index < -0.39 is 0 Å².